The molecule has 6 heteroatoms. The molecule has 3 N–H and O–H groups in total. The number of rotatable bonds is 3. The Morgan fingerprint density at radius 2 is 2.21 bits per heavy atom. The van der Waals surface area contributed by atoms with Crippen molar-refractivity contribution in [3.05, 3.63) is 22.4 Å². The zero-order valence-corrected chi connectivity index (χ0v) is 13.5. The number of aromatic nitrogens is 1. The Bertz CT molecular complexity index is 436. The predicted molar refractivity (Wildman–Crippen MR) is 82.6 cm³/mol. The molecule has 1 aliphatic carbocycles. The summed E-state index contributed by atoms with van der Waals surface area (Å²) in [4.78, 5) is 12.2. The molecule has 1 aromatic rings. The Morgan fingerprint density at radius 3 is 2.79 bits per heavy atom. The number of carbonyl (C=O) groups excluding carboxylic acids is 1. The molecular weight excluding hydrogens is 330 g/mol. The van der Waals surface area contributed by atoms with Crippen molar-refractivity contribution < 1.29 is 4.79 Å². The third kappa shape index (κ3) is 3.97. The van der Waals surface area contributed by atoms with Crippen molar-refractivity contribution in [2.45, 2.75) is 31.7 Å². The summed E-state index contributed by atoms with van der Waals surface area (Å²) < 4.78 is 2.76. The van der Waals surface area contributed by atoms with E-state index in [1.807, 2.05) is 23.9 Å². The van der Waals surface area contributed by atoms with E-state index in [1.54, 1.807) is 0 Å². The molecule has 0 radical (unpaired) electrons. The number of amides is 1. The molecule has 2 unspecified atom stereocenters. The van der Waals surface area contributed by atoms with Gasteiger partial charge in [0.2, 0.25) is 0 Å². The van der Waals surface area contributed by atoms with Gasteiger partial charge in [-0.3, -0.25) is 4.79 Å². The van der Waals surface area contributed by atoms with E-state index in [9.17, 15) is 4.79 Å². The summed E-state index contributed by atoms with van der Waals surface area (Å²) >= 11 is 3.38. The molecule has 1 aromatic heterocycles. The number of nitrogens with one attached hydrogen (secondary N) is 1. The molecule has 19 heavy (non-hydrogen) atoms. The molecule has 1 heterocycles. The molecule has 4 nitrogen and oxygen atoms in total. The van der Waals surface area contributed by atoms with Gasteiger partial charge in [-0.25, -0.2) is 0 Å². The average molecular weight is 351 g/mol. The average Bonchev–Trinajstić information content (AvgIpc) is 2.69. The summed E-state index contributed by atoms with van der Waals surface area (Å²) in [6, 6.07) is 2.07. The first-order valence-electron chi connectivity index (χ1n) is 6.44. The summed E-state index contributed by atoms with van der Waals surface area (Å²) in [6.45, 7) is 0.655. The SMILES string of the molecule is Cl.Cn1cc(Br)cc1C(=O)NC1CCCCC1CN. The summed E-state index contributed by atoms with van der Waals surface area (Å²) in [5.41, 5.74) is 6.46. The van der Waals surface area contributed by atoms with Crippen molar-refractivity contribution in [3.8, 4) is 0 Å². The maximum Gasteiger partial charge on any atom is 0.268 e. The second kappa shape index (κ2) is 7.31. The number of carbonyl (C=O) groups is 1. The molecule has 1 aliphatic rings. The molecule has 0 spiro atoms. The van der Waals surface area contributed by atoms with E-state index >= 15 is 0 Å². The fraction of sp³-hybridized carbons (Fsp3) is 0.615. The molecule has 0 bridgehead atoms. The summed E-state index contributed by atoms with van der Waals surface area (Å²) in [6.07, 6.45) is 6.45. The van der Waals surface area contributed by atoms with Crippen molar-refractivity contribution in [2.75, 3.05) is 6.54 Å². The summed E-state index contributed by atoms with van der Waals surface area (Å²) in [5.74, 6) is 0.417. The Labute approximate surface area is 128 Å². The fourth-order valence-electron chi connectivity index (χ4n) is 2.67. The van der Waals surface area contributed by atoms with Crippen molar-refractivity contribution in [1.29, 1.82) is 0 Å². The van der Waals surface area contributed by atoms with Gasteiger partial charge in [0.15, 0.2) is 0 Å². The van der Waals surface area contributed by atoms with Gasteiger partial charge in [0, 0.05) is 23.8 Å². The van der Waals surface area contributed by atoms with E-state index in [4.69, 9.17) is 5.73 Å². The molecule has 1 saturated carbocycles. The normalized spacial score (nSPS) is 22.7. The lowest BCUT2D eigenvalue weighted by Crippen LogP contribution is -2.45. The van der Waals surface area contributed by atoms with Gasteiger partial charge < -0.3 is 15.6 Å². The monoisotopic (exact) mass is 349 g/mol. The molecule has 2 rings (SSSR count). The van der Waals surface area contributed by atoms with Crippen LogP contribution in [-0.2, 0) is 7.05 Å². The number of aryl methyl sites for hydroxylation is 1. The van der Waals surface area contributed by atoms with Crippen LogP contribution in [-0.4, -0.2) is 23.1 Å². The number of hydrogen-bond donors (Lipinski definition) is 2. The lowest BCUT2D eigenvalue weighted by atomic mass is 9.84. The first-order valence-corrected chi connectivity index (χ1v) is 7.24. The zero-order chi connectivity index (χ0) is 13.1. The first-order chi connectivity index (χ1) is 8.61. The van der Waals surface area contributed by atoms with Gasteiger partial charge in [-0.2, -0.15) is 0 Å². The Kier molecular flexibility index (Phi) is 6.36. The van der Waals surface area contributed by atoms with Gasteiger partial charge in [-0.15, -0.1) is 12.4 Å². The van der Waals surface area contributed by atoms with E-state index in [0.29, 0.717) is 18.2 Å². The van der Waals surface area contributed by atoms with Gasteiger partial charge >= 0.3 is 0 Å². The van der Waals surface area contributed by atoms with Crippen molar-refractivity contribution in [3.63, 3.8) is 0 Å². The van der Waals surface area contributed by atoms with Crippen LogP contribution >= 0.6 is 28.3 Å². The van der Waals surface area contributed by atoms with E-state index in [2.05, 4.69) is 21.2 Å². The number of hydrogen-bond acceptors (Lipinski definition) is 2. The highest BCUT2D eigenvalue weighted by atomic mass is 79.9. The minimum absolute atomic E-state index is 0. The van der Waals surface area contributed by atoms with Gasteiger partial charge in [-0.05, 0) is 47.3 Å². The first kappa shape index (κ1) is 16.5. The topological polar surface area (TPSA) is 60.0 Å². The summed E-state index contributed by atoms with van der Waals surface area (Å²) in [7, 11) is 1.88. The highest BCUT2D eigenvalue weighted by Crippen LogP contribution is 2.24. The molecule has 1 fully saturated rings. The van der Waals surface area contributed by atoms with Crippen LogP contribution in [0, 0.1) is 5.92 Å². The molecular formula is C13H21BrClN3O. The van der Waals surface area contributed by atoms with Gasteiger partial charge in [0.1, 0.15) is 5.69 Å². The van der Waals surface area contributed by atoms with Crippen molar-refractivity contribution in [1.82, 2.24) is 9.88 Å². The number of halogens is 2. The third-order valence-electron chi connectivity index (χ3n) is 3.73. The van der Waals surface area contributed by atoms with E-state index in [1.165, 1.54) is 12.8 Å². The van der Waals surface area contributed by atoms with Crippen LogP contribution in [0.3, 0.4) is 0 Å². The zero-order valence-electron chi connectivity index (χ0n) is 11.1. The lowest BCUT2D eigenvalue weighted by Gasteiger charge is -2.31. The smallest absolute Gasteiger partial charge is 0.268 e. The van der Waals surface area contributed by atoms with Gasteiger partial charge in [0.25, 0.3) is 5.91 Å². The van der Waals surface area contributed by atoms with Crippen molar-refractivity contribution in [2.24, 2.45) is 18.7 Å². The van der Waals surface area contributed by atoms with Crippen LogP contribution in [0.2, 0.25) is 0 Å². The molecule has 1 amide bonds. The third-order valence-corrected chi connectivity index (χ3v) is 4.17. The van der Waals surface area contributed by atoms with Crippen LogP contribution in [0.15, 0.2) is 16.7 Å². The van der Waals surface area contributed by atoms with E-state index in [-0.39, 0.29) is 24.4 Å². The Balaban J connectivity index is 0.00000180. The van der Waals surface area contributed by atoms with Crippen LogP contribution in [0.1, 0.15) is 36.2 Å². The second-order valence-corrected chi connectivity index (χ2v) is 5.93. The van der Waals surface area contributed by atoms with Crippen LogP contribution in [0.4, 0.5) is 0 Å². The molecule has 108 valence electrons. The van der Waals surface area contributed by atoms with Crippen molar-refractivity contribution >= 4 is 34.2 Å². The molecule has 0 saturated heterocycles. The minimum Gasteiger partial charge on any atom is -0.348 e. The largest absolute Gasteiger partial charge is 0.348 e. The standard InChI is InChI=1S/C13H20BrN3O.ClH/c1-17-8-10(14)6-12(17)13(18)16-11-5-3-2-4-9(11)7-15;/h6,8-9,11H,2-5,7,15H2,1H3,(H,16,18);1H. The molecule has 0 aromatic carbocycles. The van der Waals surface area contributed by atoms with E-state index in [0.717, 1.165) is 17.3 Å². The maximum atomic E-state index is 12.2. The maximum absolute atomic E-state index is 12.2. The van der Waals surface area contributed by atoms with Crippen LogP contribution < -0.4 is 11.1 Å². The fourth-order valence-corrected chi connectivity index (χ4v) is 3.20. The molecule has 0 aliphatic heterocycles. The number of nitrogens with two attached hydrogens (primary N) is 1. The predicted octanol–water partition coefficient (Wildman–Crippen LogP) is 2.46. The summed E-state index contributed by atoms with van der Waals surface area (Å²) in [5, 5.41) is 3.13. The molecule has 2 atom stereocenters. The lowest BCUT2D eigenvalue weighted by molar-refractivity contribution is 0.0900. The number of nitrogens with zero attached hydrogens (tertiary/aromatic N) is 1. The van der Waals surface area contributed by atoms with Gasteiger partial charge in [-0.1, -0.05) is 12.8 Å². The van der Waals surface area contributed by atoms with E-state index < -0.39 is 0 Å². The Morgan fingerprint density at radius 1 is 1.53 bits per heavy atom. The van der Waals surface area contributed by atoms with Gasteiger partial charge in [0.05, 0.1) is 0 Å². The Hall–Kier alpha value is -0.520. The highest BCUT2D eigenvalue weighted by Gasteiger charge is 2.26. The minimum atomic E-state index is -0.00597. The van der Waals surface area contributed by atoms with Crippen LogP contribution in [0.25, 0.3) is 0 Å². The highest BCUT2D eigenvalue weighted by molar-refractivity contribution is 9.10. The van der Waals surface area contributed by atoms with Crippen LogP contribution in [0.5, 0.6) is 0 Å². The quantitative estimate of drug-likeness (QED) is 0.879. The second-order valence-electron chi connectivity index (χ2n) is 5.01.